The molecule has 132 valence electrons. The summed E-state index contributed by atoms with van der Waals surface area (Å²) in [7, 11) is 1.58. The van der Waals surface area contributed by atoms with Crippen LogP contribution in [0.1, 0.15) is 11.1 Å². The number of methoxy groups -OCH3 is 1. The van der Waals surface area contributed by atoms with E-state index in [4.69, 9.17) is 15.2 Å². The van der Waals surface area contributed by atoms with Gasteiger partial charge in [-0.25, -0.2) is 4.98 Å². The van der Waals surface area contributed by atoms with E-state index in [0.717, 1.165) is 22.3 Å². The van der Waals surface area contributed by atoms with Crippen molar-refractivity contribution in [2.75, 3.05) is 7.11 Å². The molecule has 2 N–H and O–H groups in total. The van der Waals surface area contributed by atoms with Crippen molar-refractivity contribution in [3.63, 3.8) is 0 Å². The lowest BCUT2D eigenvalue weighted by atomic mass is 10.0. The second kappa shape index (κ2) is 8.16. The summed E-state index contributed by atoms with van der Waals surface area (Å²) < 4.78 is 11.4. The third kappa shape index (κ3) is 4.19. The zero-order chi connectivity index (χ0) is 18.4. The average Bonchev–Trinajstić information content (AvgIpc) is 2.67. The number of hydrogen-bond acceptors (Lipinski definition) is 4. The van der Waals surface area contributed by atoms with Gasteiger partial charge in [0.15, 0.2) is 0 Å². The van der Waals surface area contributed by atoms with Crippen LogP contribution in [0.5, 0.6) is 11.6 Å². The molecule has 1 aromatic heterocycles. The van der Waals surface area contributed by atoms with Crippen molar-refractivity contribution in [3.05, 3.63) is 78.0 Å². The van der Waals surface area contributed by atoms with Crippen molar-refractivity contribution in [1.82, 2.24) is 4.98 Å². The number of nitrogens with two attached hydrogens (primary N) is 1. The highest BCUT2D eigenvalue weighted by Gasteiger charge is 2.14. The Hall–Kier alpha value is -3.34. The maximum atomic E-state index is 11.3. The third-order valence-corrected chi connectivity index (χ3v) is 3.92. The van der Waals surface area contributed by atoms with Gasteiger partial charge < -0.3 is 15.2 Å². The van der Waals surface area contributed by atoms with Crippen molar-refractivity contribution in [2.24, 2.45) is 5.73 Å². The molecule has 0 unspecified atom stereocenters. The molecular formula is C21H20N2O3. The largest absolute Gasteiger partial charge is 0.488 e. The van der Waals surface area contributed by atoms with Gasteiger partial charge in [0.1, 0.15) is 12.4 Å². The van der Waals surface area contributed by atoms with Gasteiger partial charge in [-0.3, -0.25) is 4.79 Å². The molecule has 5 nitrogen and oxygen atoms in total. The fourth-order valence-electron chi connectivity index (χ4n) is 2.71. The topological polar surface area (TPSA) is 74.4 Å². The fourth-order valence-corrected chi connectivity index (χ4v) is 2.71. The molecule has 0 atom stereocenters. The molecule has 2 aromatic carbocycles. The Morgan fingerprint density at radius 3 is 2.54 bits per heavy atom. The molecule has 0 spiro atoms. The van der Waals surface area contributed by atoms with Crippen molar-refractivity contribution in [2.45, 2.75) is 13.0 Å². The van der Waals surface area contributed by atoms with Crippen LogP contribution >= 0.6 is 0 Å². The van der Waals surface area contributed by atoms with Crippen molar-refractivity contribution >= 4 is 5.91 Å². The SMILES string of the molecule is COc1ncccc1-c1ccc(CC(N)=O)cc1OCc1ccccc1. The lowest BCUT2D eigenvalue weighted by Gasteiger charge is -2.15. The smallest absolute Gasteiger partial charge is 0.221 e. The average molecular weight is 348 g/mol. The Balaban J connectivity index is 1.98. The summed E-state index contributed by atoms with van der Waals surface area (Å²) in [6.45, 7) is 0.413. The van der Waals surface area contributed by atoms with Gasteiger partial charge in [0.2, 0.25) is 11.8 Å². The van der Waals surface area contributed by atoms with Crippen molar-refractivity contribution in [1.29, 1.82) is 0 Å². The first-order valence-corrected chi connectivity index (χ1v) is 8.24. The zero-order valence-electron chi connectivity index (χ0n) is 14.5. The van der Waals surface area contributed by atoms with Crippen LogP contribution in [0.4, 0.5) is 0 Å². The summed E-state index contributed by atoms with van der Waals surface area (Å²) >= 11 is 0. The number of aromatic nitrogens is 1. The first-order chi connectivity index (χ1) is 12.7. The van der Waals surface area contributed by atoms with Gasteiger partial charge in [-0.2, -0.15) is 0 Å². The second-order valence-electron chi connectivity index (χ2n) is 5.81. The van der Waals surface area contributed by atoms with Crippen LogP contribution < -0.4 is 15.2 Å². The maximum absolute atomic E-state index is 11.3. The predicted octanol–water partition coefficient (Wildman–Crippen LogP) is 3.36. The number of ether oxygens (including phenoxy) is 2. The number of benzene rings is 2. The lowest BCUT2D eigenvalue weighted by molar-refractivity contribution is -0.117. The molecule has 0 radical (unpaired) electrons. The lowest BCUT2D eigenvalue weighted by Crippen LogP contribution is -2.13. The van der Waals surface area contributed by atoms with Gasteiger partial charge in [0, 0.05) is 17.3 Å². The van der Waals surface area contributed by atoms with E-state index in [1.165, 1.54) is 0 Å². The van der Waals surface area contributed by atoms with Crippen LogP contribution in [-0.4, -0.2) is 18.0 Å². The highest BCUT2D eigenvalue weighted by atomic mass is 16.5. The second-order valence-corrected chi connectivity index (χ2v) is 5.81. The van der Waals surface area contributed by atoms with Gasteiger partial charge in [-0.1, -0.05) is 42.5 Å². The van der Waals surface area contributed by atoms with E-state index in [1.54, 1.807) is 13.3 Å². The van der Waals surface area contributed by atoms with Gasteiger partial charge in [-0.15, -0.1) is 0 Å². The van der Waals surface area contributed by atoms with E-state index >= 15 is 0 Å². The molecule has 0 aliphatic rings. The van der Waals surface area contributed by atoms with Gasteiger partial charge in [-0.05, 0) is 29.3 Å². The molecule has 0 saturated heterocycles. The summed E-state index contributed by atoms with van der Waals surface area (Å²) in [4.78, 5) is 15.5. The first-order valence-electron chi connectivity index (χ1n) is 8.24. The number of nitrogens with zero attached hydrogens (tertiary/aromatic N) is 1. The molecule has 1 amide bonds. The maximum Gasteiger partial charge on any atom is 0.221 e. The molecular weight excluding hydrogens is 328 g/mol. The van der Waals surface area contributed by atoms with Crippen LogP contribution in [0.25, 0.3) is 11.1 Å². The van der Waals surface area contributed by atoms with Gasteiger partial charge >= 0.3 is 0 Å². The summed E-state index contributed by atoms with van der Waals surface area (Å²) in [6, 6.07) is 19.3. The summed E-state index contributed by atoms with van der Waals surface area (Å²) in [5.74, 6) is 0.782. The molecule has 1 heterocycles. The minimum absolute atomic E-state index is 0.159. The number of rotatable bonds is 7. The molecule has 26 heavy (non-hydrogen) atoms. The summed E-state index contributed by atoms with van der Waals surface area (Å²) in [5, 5.41) is 0. The Bertz CT molecular complexity index is 895. The summed E-state index contributed by atoms with van der Waals surface area (Å²) in [5.41, 5.74) is 8.84. The fraction of sp³-hybridized carbons (Fsp3) is 0.143. The number of carbonyl (C=O) groups is 1. The van der Waals surface area contributed by atoms with E-state index < -0.39 is 0 Å². The molecule has 5 heteroatoms. The molecule has 0 aliphatic heterocycles. The van der Waals surface area contributed by atoms with Crippen LogP contribution in [0, 0.1) is 0 Å². The Morgan fingerprint density at radius 1 is 1.00 bits per heavy atom. The highest BCUT2D eigenvalue weighted by molar-refractivity contribution is 5.79. The first kappa shape index (κ1) is 17.5. The van der Waals surface area contributed by atoms with E-state index in [-0.39, 0.29) is 12.3 Å². The minimum Gasteiger partial charge on any atom is -0.488 e. The van der Waals surface area contributed by atoms with Crippen molar-refractivity contribution in [3.8, 4) is 22.8 Å². The zero-order valence-corrected chi connectivity index (χ0v) is 14.5. The number of amides is 1. The number of hydrogen-bond donors (Lipinski definition) is 1. The molecule has 0 aliphatic carbocycles. The van der Waals surface area contributed by atoms with E-state index in [1.807, 2.05) is 60.7 Å². The molecule has 0 bridgehead atoms. The number of carbonyl (C=O) groups excluding carboxylic acids is 1. The Labute approximate surface area is 152 Å². The van der Waals surface area contributed by atoms with Gasteiger partial charge in [0.05, 0.1) is 13.5 Å². The Morgan fingerprint density at radius 2 is 1.81 bits per heavy atom. The standard InChI is InChI=1S/C21H20N2O3/c1-25-21-18(8-5-11-23-21)17-10-9-16(13-20(22)24)12-19(17)26-14-15-6-3-2-4-7-15/h2-12H,13-14H2,1H3,(H2,22,24). The summed E-state index contributed by atoms with van der Waals surface area (Å²) in [6.07, 6.45) is 1.83. The number of pyridine rings is 1. The van der Waals surface area contributed by atoms with Crippen LogP contribution in [0.15, 0.2) is 66.9 Å². The van der Waals surface area contributed by atoms with E-state index in [2.05, 4.69) is 4.98 Å². The molecule has 3 rings (SSSR count). The predicted molar refractivity (Wildman–Crippen MR) is 99.9 cm³/mol. The highest BCUT2D eigenvalue weighted by Crippen LogP contribution is 2.36. The normalized spacial score (nSPS) is 10.3. The molecule has 0 fully saturated rings. The van der Waals surface area contributed by atoms with E-state index in [9.17, 15) is 4.79 Å². The van der Waals surface area contributed by atoms with Crippen LogP contribution in [0.3, 0.4) is 0 Å². The third-order valence-electron chi connectivity index (χ3n) is 3.92. The van der Waals surface area contributed by atoms with E-state index in [0.29, 0.717) is 18.2 Å². The number of primary amides is 1. The van der Waals surface area contributed by atoms with Crippen LogP contribution in [-0.2, 0) is 17.8 Å². The Kier molecular flexibility index (Phi) is 5.49. The monoisotopic (exact) mass is 348 g/mol. The van der Waals surface area contributed by atoms with Gasteiger partial charge in [0.25, 0.3) is 0 Å². The van der Waals surface area contributed by atoms with Crippen LogP contribution in [0.2, 0.25) is 0 Å². The molecule has 3 aromatic rings. The minimum atomic E-state index is -0.384. The quantitative estimate of drug-likeness (QED) is 0.710. The molecule has 0 saturated carbocycles. The van der Waals surface area contributed by atoms with Crippen molar-refractivity contribution < 1.29 is 14.3 Å².